The number of anilines is 1. The highest BCUT2D eigenvalue weighted by Crippen LogP contribution is 2.26. The number of hydroxylamine groups is 1. The second-order valence-corrected chi connectivity index (χ2v) is 7.40. The molecular weight excluding hydrogens is 432 g/mol. The van der Waals surface area contributed by atoms with Gasteiger partial charge in [-0.05, 0) is 72.8 Å². The largest absolute Gasteiger partial charge is 0.372 e. The van der Waals surface area contributed by atoms with Crippen LogP contribution in [0.1, 0.15) is 33.3 Å². The summed E-state index contributed by atoms with van der Waals surface area (Å²) in [5.41, 5.74) is 4.26. The first-order valence-electron chi connectivity index (χ1n) is 9.73. The first kappa shape index (κ1) is 24.4. The van der Waals surface area contributed by atoms with Crippen LogP contribution in [0.5, 0.6) is 0 Å². The van der Waals surface area contributed by atoms with Gasteiger partial charge in [-0.25, -0.2) is 0 Å². The van der Waals surface area contributed by atoms with Crippen LogP contribution in [-0.4, -0.2) is 29.1 Å². The average Bonchev–Trinajstić information content (AvgIpc) is 3.08. The van der Waals surface area contributed by atoms with Crippen molar-refractivity contribution in [2.45, 2.75) is 27.7 Å². The summed E-state index contributed by atoms with van der Waals surface area (Å²) in [7, 11) is 0. The summed E-state index contributed by atoms with van der Waals surface area (Å²) >= 11 is 11.9. The van der Waals surface area contributed by atoms with Gasteiger partial charge in [0, 0.05) is 34.5 Å². The Morgan fingerprint density at radius 3 is 2.45 bits per heavy atom. The Morgan fingerprint density at radius 2 is 1.90 bits per heavy atom. The van der Waals surface area contributed by atoms with E-state index in [0.717, 1.165) is 41.2 Å². The standard InChI is InChI=1S/C23H25ClN4O2S/c1-7-27(8-2)19-12-10-18(11-13-19)20(24)15-16(4)14-17(5)21-22(25-6)26-28(23(21)31)30-29-9-3/h9-15H,3,7-8H2,1-2,4-5H3/b16-14+,20-15-,21-17-. The van der Waals surface area contributed by atoms with Gasteiger partial charge in [0.05, 0.1) is 0 Å². The van der Waals surface area contributed by atoms with Gasteiger partial charge in [-0.3, -0.25) is 0 Å². The number of amidine groups is 1. The fourth-order valence-electron chi connectivity index (χ4n) is 3.08. The third kappa shape index (κ3) is 6.05. The molecule has 0 amide bonds. The molecule has 8 heteroatoms. The Morgan fingerprint density at radius 1 is 1.26 bits per heavy atom. The van der Waals surface area contributed by atoms with E-state index in [0.29, 0.717) is 10.6 Å². The van der Waals surface area contributed by atoms with Gasteiger partial charge in [0.2, 0.25) is 0 Å². The van der Waals surface area contributed by atoms with Crippen LogP contribution in [0.2, 0.25) is 0 Å². The molecule has 1 aromatic carbocycles. The number of nitrogens with zero attached hydrogens (tertiary/aromatic N) is 4. The number of hydrazone groups is 1. The summed E-state index contributed by atoms with van der Waals surface area (Å²) in [4.78, 5) is 15.5. The molecule has 6 nitrogen and oxygen atoms in total. The molecule has 31 heavy (non-hydrogen) atoms. The molecule has 1 aliphatic rings. The quantitative estimate of drug-likeness (QED) is 0.0834. The van der Waals surface area contributed by atoms with Crippen LogP contribution in [0.3, 0.4) is 0 Å². The summed E-state index contributed by atoms with van der Waals surface area (Å²) < 4.78 is 0. The zero-order valence-corrected chi connectivity index (χ0v) is 19.6. The molecule has 0 saturated carbocycles. The average molecular weight is 457 g/mol. The molecule has 0 N–H and O–H groups in total. The minimum atomic E-state index is 0.126. The van der Waals surface area contributed by atoms with Crippen molar-refractivity contribution in [1.82, 2.24) is 5.17 Å². The Bertz CT molecular complexity index is 999. The molecule has 0 unspecified atom stereocenters. The molecule has 162 valence electrons. The number of allylic oxidation sites excluding steroid dienone is 4. The van der Waals surface area contributed by atoms with Crippen molar-refractivity contribution in [1.29, 1.82) is 0 Å². The van der Waals surface area contributed by atoms with Crippen LogP contribution >= 0.6 is 23.8 Å². The summed E-state index contributed by atoms with van der Waals surface area (Å²) in [5, 5.41) is 5.61. The molecule has 0 atom stereocenters. The van der Waals surface area contributed by atoms with Crippen LogP contribution in [0.4, 0.5) is 5.69 Å². The second kappa shape index (κ2) is 11.5. The molecule has 1 aromatic rings. The smallest absolute Gasteiger partial charge is 0.307 e. The highest BCUT2D eigenvalue weighted by Gasteiger charge is 2.33. The van der Waals surface area contributed by atoms with E-state index in [2.05, 4.69) is 52.3 Å². The Hall–Kier alpha value is -2.92. The topological polar surface area (TPSA) is 41.7 Å². The minimum absolute atomic E-state index is 0.126. The third-order valence-electron chi connectivity index (χ3n) is 4.55. The lowest BCUT2D eigenvalue weighted by molar-refractivity contribution is -0.367. The van der Waals surface area contributed by atoms with Gasteiger partial charge in [-0.2, -0.15) is 0 Å². The predicted molar refractivity (Wildman–Crippen MR) is 131 cm³/mol. The number of halogens is 1. The van der Waals surface area contributed by atoms with Crippen molar-refractivity contribution < 1.29 is 9.88 Å². The molecule has 2 rings (SSSR count). The predicted octanol–water partition coefficient (Wildman–Crippen LogP) is 6.26. The van der Waals surface area contributed by atoms with E-state index in [4.69, 9.17) is 35.4 Å². The Labute approximate surface area is 194 Å². The van der Waals surface area contributed by atoms with Crippen molar-refractivity contribution in [3.63, 3.8) is 0 Å². The van der Waals surface area contributed by atoms with Crippen molar-refractivity contribution in [3.05, 3.63) is 83.0 Å². The molecule has 0 saturated heterocycles. The zero-order chi connectivity index (χ0) is 23.0. The molecule has 0 aliphatic carbocycles. The molecular formula is C23H25ClN4O2S. The zero-order valence-electron chi connectivity index (χ0n) is 18.1. The lowest BCUT2D eigenvalue weighted by atomic mass is 10.1. The van der Waals surface area contributed by atoms with Gasteiger partial charge >= 0.3 is 5.84 Å². The SMILES string of the molecule is [C-]#[N+]C1=NN(OOC=C)C(=S)\C1=C(C)/C=C(C)/C=C(\Cl)c1ccc(N(CC)CC)cc1. The highest BCUT2D eigenvalue weighted by atomic mass is 35.5. The van der Waals surface area contributed by atoms with E-state index >= 15 is 0 Å². The number of rotatable bonds is 9. The van der Waals surface area contributed by atoms with E-state index in [1.807, 2.05) is 38.1 Å². The molecule has 0 bridgehead atoms. The first-order chi connectivity index (χ1) is 14.9. The number of benzene rings is 1. The van der Waals surface area contributed by atoms with E-state index in [-0.39, 0.29) is 10.8 Å². The van der Waals surface area contributed by atoms with Gasteiger partial charge < -0.3 is 14.6 Å². The molecule has 0 fully saturated rings. The van der Waals surface area contributed by atoms with Crippen LogP contribution in [0, 0.1) is 6.57 Å². The number of hydrogen-bond donors (Lipinski definition) is 0. The Kier molecular flexibility index (Phi) is 9.01. The second-order valence-electron chi connectivity index (χ2n) is 6.61. The normalized spacial score (nSPS) is 16.1. The van der Waals surface area contributed by atoms with Crippen molar-refractivity contribution in [2.24, 2.45) is 5.10 Å². The fraction of sp³-hybridized carbons (Fsp3) is 0.261. The molecule has 0 radical (unpaired) electrons. The van der Waals surface area contributed by atoms with E-state index in [1.165, 1.54) is 5.69 Å². The van der Waals surface area contributed by atoms with Gasteiger partial charge in [0.25, 0.3) is 0 Å². The summed E-state index contributed by atoms with van der Waals surface area (Å²) in [5.74, 6) is 0.126. The summed E-state index contributed by atoms with van der Waals surface area (Å²) in [6, 6.07) is 8.16. The van der Waals surface area contributed by atoms with E-state index in [1.54, 1.807) is 0 Å². The molecule has 1 heterocycles. The number of hydrogen-bond acceptors (Lipinski definition) is 5. The van der Waals surface area contributed by atoms with Crippen LogP contribution < -0.4 is 4.90 Å². The summed E-state index contributed by atoms with van der Waals surface area (Å²) in [6.07, 6.45) is 4.86. The highest BCUT2D eigenvalue weighted by molar-refractivity contribution is 7.80. The monoisotopic (exact) mass is 456 g/mol. The minimum Gasteiger partial charge on any atom is -0.372 e. The van der Waals surface area contributed by atoms with Gasteiger partial charge in [0.15, 0.2) is 4.99 Å². The van der Waals surface area contributed by atoms with Crippen molar-refractivity contribution >= 4 is 45.4 Å². The molecule has 0 spiro atoms. The first-order valence-corrected chi connectivity index (χ1v) is 10.5. The maximum absolute atomic E-state index is 7.36. The van der Waals surface area contributed by atoms with Crippen LogP contribution in [0.15, 0.2) is 71.1 Å². The summed E-state index contributed by atoms with van der Waals surface area (Å²) in [6.45, 7) is 20.7. The van der Waals surface area contributed by atoms with Crippen molar-refractivity contribution in [3.8, 4) is 0 Å². The molecule has 1 aliphatic heterocycles. The van der Waals surface area contributed by atoms with E-state index in [9.17, 15) is 0 Å². The lowest BCUT2D eigenvalue weighted by Gasteiger charge is -2.21. The van der Waals surface area contributed by atoms with Crippen molar-refractivity contribution in [2.75, 3.05) is 18.0 Å². The number of thiocarbonyl (C=S) groups is 1. The third-order valence-corrected chi connectivity index (χ3v) is 5.24. The van der Waals surface area contributed by atoms with E-state index < -0.39 is 0 Å². The maximum atomic E-state index is 7.36. The van der Waals surface area contributed by atoms with Crippen LogP contribution in [-0.2, 0) is 9.88 Å². The maximum Gasteiger partial charge on any atom is 0.307 e. The Balaban J connectivity index is 2.26. The van der Waals surface area contributed by atoms with Gasteiger partial charge in [-0.15, -0.1) is 0 Å². The van der Waals surface area contributed by atoms with Gasteiger partial charge in [-0.1, -0.05) is 55.2 Å². The van der Waals surface area contributed by atoms with Gasteiger partial charge in [0.1, 0.15) is 6.26 Å². The fourth-order valence-corrected chi connectivity index (χ4v) is 3.70. The molecule has 0 aromatic heterocycles. The lowest BCUT2D eigenvalue weighted by Crippen LogP contribution is -2.21. The van der Waals surface area contributed by atoms with Crippen LogP contribution in [0.25, 0.3) is 9.88 Å².